The highest BCUT2D eigenvalue weighted by Crippen LogP contribution is 2.47. The number of guanidine groups is 1. The summed E-state index contributed by atoms with van der Waals surface area (Å²) in [6.45, 7) is 1.15. The number of hydrogen-bond donors (Lipinski definition) is 1. The van der Waals surface area contributed by atoms with Crippen LogP contribution in [-0.2, 0) is 6.54 Å². The van der Waals surface area contributed by atoms with Crippen LogP contribution in [-0.4, -0.2) is 48.8 Å². The quantitative estimate of drug-likeness (QED) is 0.404. The topological polar surface area (TPSA) is 49.8 Å². The van der Waals surface area contributed by atoms with Crippen LogP contribution in [0.2, 0.25) is 0 Å². The SMILES string of the molecule is CN=C(NCc1ccnc(OCC(F)(F)F)c1)N1CCC2(CCC2)C1.I. The van der Waals surface area contributed by atoms with Crippen LogP contribution < -0.4 is 10.1 Å². The van der Waals surface area contributed by atoms with E-state index in [0.29, 0.717) is 12.0 Å². The molecule has 0 atom stereocenters. The van der Waals surface area contributed by atoms with Crippen LogP contribution in [0.25, 0.3) is 0 Å². The maximum Gasteiger partial charge on any atom is 0.422 e. The van der Waals surface area contributed by atoms with E-state index in [1.54, 1.807) is 13.1 Å². The third-order valence-electron chi connectivity index (χ3n) is 5.00. The summed E-state index contributed by atoms with van der Waals surface area (Å²) in [5.41, 5.74) is 1.28. The van der Waals surface area contributed by atoms with Crippen molar-refractivity contribution in [3.63, 3.8) is 0 Å². The second-order valence-corrected chi connectivity index (χ2v) is 6.83. The van der Waals surface area contributed by atoms with Gasteiger partial charge in [0.1, 0.15) is 0 Å². The van der Waals surface area contributed by atoms with Crippen LogP contribution in [0, 0.1) is 5.41 Å². The van der Waals surface area contributed by atoms with Crippen LogP contribution in [0.3, 0.4) is 0 Å². The van der Waals surface area contributed by atoms with Gasteiger partial charge in [0.05, 0.1) is 0 Å². The van der Waals surface area contributed by atoms with Crippen molar-refractivity contribution < 1.29 is 17.9 Å². The summed E-state index contributed by atoms with van der Waals surface area (Å²) in [5, 5.41) is 3.28. The highest BCUT2D eigenvalue weighted by Gasteiger charge is 2.43. The Bertz CT molecular complexity index is 635. The molecule has 0 radical (unpaired) electrons. The minimum atomic E-state index is -4.37. The molecule has 0 bridgehead atoms. The summed E-state index contributed by atoms with van der Waals surface area (Å²) in [7, 11) is 1.75. The van der Waals surface area contributed by atoms with Crippen LogP contribution in [0.1, 0.15) is 31.2 Å². The first-order valence-corrected chi connectivity index (χ1v) is 8.49. The molecule has 9 heteroatoms. The molecule has 5 nitrogen and oxygen atoms in total. The first kappa shape index (κ1) is 21.0. The molecule has 2 aliphatic rings. The minimum absolute atomic E-state index is 0. The van der Waals surface area contributed by atoms with Crippen molar-refractivity contribution in [1.29, 1.82) is 0 Å². The molecular weight excluding hydrogens is 460 g/mol. The number of alkyl halides is 3. The number of pyridine rings is 1. The number of aliphatic imine (C=N–C) groups is 1. The Morgan fingerprint density at radius 3 is 2.73 bits per heavy atom. The van der Waals surface area contributed by atoms with Gasteiger partial charge in [-0.05, 0) is 36.3 Å². The van der Waals surface area contributed by atoms with Crippen molar-refractivity contribution in [2.45, 2.75) is 38.4 Å². The molecule has 1 aliphatic heterocycles. The lowest BCUT2D eigenvalue weighted by Gasteiger charge is -2.38. The molecule has 0 aromatic carbocycles. The molecule has 2 fully saturated rings. The second kappa shape index (κ2) is 8.62. The lowest BCUT2D eigenvalue weighted by molar-refractivity contribution is -0.154. The van der Waals surface area contributed by atoms with E-state index in [1.807, 2.05) is 0 Å². The monoisotopic (exact) mass is 484 g/mol. The number of hydrogen-bond acceptors (Lipinski definition) is 3. The molecule has 3 rings (SSSR count). The van der Waals surface area contributed by atoms with Gasteiger partial charge in [0.2, 0.25) is 5.88 Å². The van der Waals surface area contributed by atoms with E-state index in [2.05, 4.69) is 24.9 Å². The van der Waals surface area contributed by atoms with Gasteiger partial charge in [0.15, 0.2) is 12.6 Å². The molecule has 1 saturated heterocycles. The molecule has 1 saturated carbocycles. The zero-order chi connectivity index (χ0) is 17.9. The van der Waals surface area contributed by atoms with Crippen LogP contribution in [0.5, 0.6) is 5.88 Å². The van der Waals surface area contributed by atoms with Gasteiger partial charge in [-0.25, -0.2) is 4.98 Å². The summed E-state index contributed by atoms with van der Waals surface area (Å²) in [4.78, 5) is 10.4. The van der Waals surface area contributed by atoms with Gasteiger partial charge in [-0.2, -0.15) is 13.2 Å². The van der Waals surface area contributed by atoms with Gasteiger partial charge in [0.25, 0.3) is 0 Å². The lowest BCUT2D eigenvalue weighted by Crippen LogP contribution is -2.42. The number of aromatic nitrogens is 1. The van der Waals surface area contributed by atoms with E-state index in [1.165, 1.54) is 37.9 Å². The summed E-state index contributed by atoms with van der Waals surface area (Å²) < 4.78 is 41.4. The molecule has 1 aromatic heterocycles. The number of halogens is 4. The predicted molar refractivity (Wildman–Crippen MR) is 104 cm³/mol. The molecule has 1 N–H and O–H groups in total. The predicted octanol–water partition coefficient (Wildman–Crippen LogP) is 3.59. The fraction of sp³-hybridized carbons (Fsp3) is 0.647. The summed E-state index contributed by atoms with van der Waals surface area (Å²) >= 11 is 0. The van der Waals surface area contributed by atoms with E-state index in [0.717, 1.165) is 24.6 Å². The van der Waals surface area contributed by atoms with Gasteiger partial charge in [-0.3, -0.25) is 4.99 Å². The fourth-order valence-electron chi connectivity index (χ4n) is 3.51. The van der Waals surface area contributed by atoms with Crippen molar-refractivity contribution in [3.8, 4) is 5.88 Å². The summed E-state index contributed by atoms with van der Waals surface area (Å²) in [6, 6.07) is 3.27. The summed E-state index contributed by atoms with van der Waals surface area (Å²) in [5.74, 6) is 0.805. The van der Waals surface area contributed by atoms with Crippen molar-refractivity contribution in [2.24, 2.45) is 10.4 Å². The van der Waals surface area contributed by atoms with E-state index in [4.69, 9.17) is 0 Å². The molecular formula is C17H24F3IN4O. The average molecular weight is 484 g/mol. The molecule has 146 valence electrons. The third-order valence-corrected chi connectivity index (χ3v) is 5.00. The maximum absolute atomic E-state index is 12.2. The van der Waals surface area contributed by atoms with Gasteiger partial charge in [0, 0.05) is 38.9 Å². The Balaban J connectivity index is 0.00000243. The Labute approximate surface area is 168 Å². The Hall–Kier alpha value is -1.26. The van der Waals surface area contributed by atoms with Gasteiger partial charge in [-0.15, -0.1) is 24.0 Å². The highest BCUT2D eigenvalue weighted by molar-refractivity contribution is 14.0. The van der Waals surface area contributed by atoms with Crippen LogP contribution in [0.15, 0.2) is 23.3 Å². The smallest absolute Gasteiger partial charge is 0.422 e. The van der Waals surface area contributed by atoms with E-state index in [-0.39, 0.29) is 29.9 Å². The van der Waals surface area contributed by atoms with E-state index >= 15 is 0 Å². The fourth-order valence-corrected chi connectivity index (χ4v) is 3.51. The Morgan fingerprint density at radius 1 is 1.38 bits per heavy atom. The standard InChI is InChI=1S/C17H23F3N4O.HI/c1-21-15(24-8-6-16(11-24)4-2-5-16)23-10-13-3-7-22-14(9-13)25-12-17(18,19)20;/h3,7,9H,2,4-6,8,10-12H2,1H3,(H,21,23);1H. The number of nitrogens with one attached hydrogen (secondary N) is 1. The maximum atomic E-state index is 12.2. The second-order valence-electron chi connectivity index (χ2n) is 6.83. The first-order valence-electron chi connectivity index (χ1n) is 8.49. The minimum Gasteiger partial charge on any atom is -0.468 e. The average Bonchev–Trinajstić information content (AvgIpc) is 2.99. The van der Waals surface area contributed by atoms with Gasteiger partial charge >= 0.3 is 6.18 Å². The Kier molecular flexibility index (Phi) is 6.98. The number of nitrogens with zero attached hydrogens (tertiary/aromatic N) is 3. The van der Waals surface area contributed by atoms with Gasteiger partial charge < -0.3 is 15.0 Å². The van der Waals surface area contributed by atoms with Crippen molar-refractivity contribution >= 4 is 29.9 Å². The first-order chi connectivity index (χ1) is 11.9. The van der Waals surface area contributed by atoms with Crippen molar-refractivity contribution in [1.82, 2.24) is 15.2 Å². The number of likely N-dealkylation sites (tertiary alicyclic amines) is 1. The van der Waals surface area contributed by atoms with Crippen LogP contribution in [0.4, 0.5) is 13.2 Å². The molecule has 26 heavy (non-hydrogen) atoms. The zero-order valence-corrected chi connectivity index (χ0v) is 17.0. The number of ether oxygens (including phenoxy) is 1. The largest absolute Gasteiger partial charge is 0.468 e. The third kappa shape index (κ3) is 5.37. The van der Waals surface area contributed by atoms with E-state index < -0.39 is 12.8 Å². The van der Waals surface area contributed by atoms with Gasteiger partial charge in [-0.1, -0.05) is 6.42 Å². The molecule has 2 heterocycles. The number of rotatable bonds is 4. The van der Waals surface area contributed by atoms with Crippen molar-refractivity contribution in [2.75, 3.05) is 26.7 Å². The zero-order valence-electron chi connectivity index (χ0n) is 14.7. The summed E-state index contributed by atoms with van der Waals surface area (Å²) in [6.07, 6.45) is 2.20. The Morgan fingerprint density at radius 2 is 2.15 bits per heavy atom. The highest BCUT2D eigenvalue weighted by atomic mass is 127. The molecule has 1 aliphatic carbocycles. The van der Waals surface area contributed by atoms with Crippen LogP contribution >= 0.6 is 24.0 Å². The molecule has 0 amide bonds. The molecule has 1 aromatic rings. The molecule has 1 spiro atoms. The normalized spacial score (nSPS) is 19.1. The lowest BCUT2D eigenvalue weighted by atomic mass is 9.68. The molecule has 0 unspecified atom stereocenters. The van der Waals surface area contributed by atoms with Crippen molar-refractivity contribution in [3.05, 3.63) is 23.9 Å². The van der Waals surface area contributed by atoms with E-state index in [9.17, 15) is 13.2 Å².